The van der Waals surface area contributed by atoms with Gasteiger partial charge < -0.3 is 5.32 Å². The van der Waals surface area contributed by atoms with Crippen LogP contribution in [-0.4, -0.2) is 25.7 Å². The molecule has 2 aromatic heterocycles. The Hall–Kier alpha value is -3.02. The van der Waals surface area contributed by atoms with Crippen molar-refractivity contribution in [3.05, 3.63) is 72.1 Å². The smallest absolute Gasteiger partial charge is 0.254 e. The molecule has 4 rings (SSSR count). The maximum Gasteiger partial charge on any atom is 0.254 e. The zero-order valence-corrected chi connectivity index (χ0v) is 14.0. The third kappa shape index (κ3) is 3.28. The number of hydrogen-bond acceptors (Lipinski definition) is 4. The fraction of sp³-hybridized carbons (Fsp3) is 0.263. The van der Waals surface area contributed by atoms with Gasteiger partial charge >= 0.3 is 0 Å². The van der Waals surface area contributed by atoms with Gasteiger partial charge in [0, 0.05) is 6.20 Å². The predicted molar refractivity (Wildman–Crippen MR) is 93.3 cm³/mol. The van der Waals surface area contributed by atoms with Crippen LogP contribution in [0.5, 0.6) is 0 Å². The summed E-state index contributed by atoms with van der Waals surface area (Å²) in [5, 5.41) is 7.32. The first-order valence-corrected chi connectivity index (χ1v) is 8.40. The monoisotopic (exact) mass is 333 g/mol. The van der Waals surface area contributed by atoms with Crippen molar-refractivity contribution in [3.63, 3.8) is 0 Å². The van der Waals surface area contributed by atoms with E-state index in [9.17, 15) is 4.79 Å². The van der Waals surface area contributed by atoms with Crippen LogP contribution in [-0.2, 0) is 0 Å². The zero-order valence-electron chi connectivity index (χ0n) is 14.0. The Balaban J connectivity index is 1.63. The number of aryl methyl sites for hydroxylation is 1. The van der Waals surface area contributed by atoms with E-state index in [1.54, 1.807) is 23.3 Å². The van der Waals surface area contributed by atoms with Crippen LogP contribution < -0.4 is 5.32 Å². The van der Waals surface area contributed by atoms with Gasteiger partial charge in [-0.3, -0.25) is 9.78 Å². The van der Waals surface area contributed by atoms with E-state index in [-0.39, 0.29) is 11.9 Å². The van der Waals surface area contributed by atoms with Gasteiger partial charge in [-0.05, 0) is 55.5 Å². The van der Waals surface area contributed by atoms with Crippen molar-refractivity contribution < 1.29 is 4.79 Å². The van der Waals surface area contributed by atoms with Crippen LogP contribution in [0.25, 0.3) is 5.69 Å². The molecule has 1 aliphatic rings. The van der Waals surface area contributed by atoms with Gasteiger partial charge in [-0.1, -0.05) is 12.1 Å². The van der Waals surface area contributed by atoms with Gasteiger partial charge in [0.05, 0.1) is 23.0 Å². The van der Waals surface area contributed by atoms with Gasteiger partial charge in [-0.25, -0.2) is 9.67 Å². The fourth-order valence-electron chi connectivity index (χ4n) is 3.01. The number of benzene rings is 1. The summed E-state index contributed by atoms with van der Waals surface area (Å²) in [6, 6.07) is 11.4. The Morgan fingerprint density at radius 3 is 2.84 bits per heavy atom. The minimum absolute atomic E-state index is 0.0591. The molecule has 1 aliphatic carbocycles. The molecule has 3 aromatic rings. The third-order valence-electron chi connectivity index (χ3n) is 4.45. The summed E-state index contributed by atoms with van der Waals surface area (Å²) in [5.74, 6) is 0.336. The second-order valence-corrected chi connectivity index (χ2v) is 6.40. The van der Waals surface area contributed by atoms with E-state index in [1.165, 1.54) is 6.33 Å². The third-order valence-corrected chi connectivity index (χ3v) is 4.45. The number of para-hydroxylation sites is 1. The maximum absolute atomic E-state index is 13.0. The Morgan fingerprint density at radius 2 is 2.12 bits per heavy atom. The van der Waals surface area contributed by atoms with Gasteiger partial charge in [-0.15, -0.1) is 0 Å². The number of rotatable bonds is 5. The number of aromatic nitrogens is 4. The number of nitrogens with one attached hydrogen (secondary N) is 1. The van der Waals surface area contributed by atoms with Gasteiger partial charge in [0.2, 0.25) is 0 Å². The predicted octanol–water partition coefficient (Wildman–Crippen LogP) is 2.85. The summed E-state index contributed by atoms with van der Waals surface area (Å²) >= 11 is 0. The van der Waals surface area contributed by atoms with Crippen LogP contribution in [0.2, 0.25) is 0 Å². The molecule has 0 saturated heterocycles. The average molecular weight is 333 g/mol. The summed E-state index contributed by atoms with van der Waals surface area (Å²) in [6.07, 6.45) is 7.08. The van der Waals surface area contributed by atoms with E-state index in [2.05, 4.69) is 20.4 Å². The molecule has 1 N–H and O–H groups in total. The van der Waals surface area contributed by atoms with E-state index < -0.39 is 0 Å². The first-order valence-electron chi connectivity index (χ1n) is 8.40. The van der Waals surface area contributed by atoms with Crippen LogP contribution in [0.1, 0.15) is 40.5 Å². The molecule has 0 bridgehead atoms. The van der Waals surface area contributed by atoms with Crippen molar-refractivity contribution in [2.75, 3.05) is 0 Å². The molecule has 6 nitrogen and oxygen atoms in total. The van der Waals surface area contributed by atoms with Crippen molar-refractivity contribution in [3.8, 4) is 5.69 Å². The number of carbonyl (C=O) groups excluding carboxylic acids is 1. The molecule has 2 heterocycles. The molecular weight excluding hydrogens is 314 g/mol. The lowest BCUT2D eigenvalue weighted by molar-refractivity contribution is 0.0930. The van der Waals surface area contributed by atoms with Crippen molar-refractivity contribution >= 4 is 5.91 Å². The number of hydrogen-bond donors (Lipinski definition) is 1. The highest BCUT2D eigenvalue weighted by Gasteiger charge is 2.34. The largest absolute Gasteiger partial charge is 0.343 e. The molecular formula is C19H19N5O. The van der Waals surface area contributed by atoms with Crippen LogP contribution in [0.4, 0.5) is 0 Å². The highest BCUT2D eigenvalue weighted by atomic mass is 16.1. The Kier molecular flexibility index (Phi) is 4.01. The molecule has 0 unspecified atom stereocenters. The molecule has 0 spiro atoms. The molecule has 1 atom stereocenters. The minimum atomic E-state index is -0.119. The van der Waals surface area contributed by atoms with Gasteiger partial charge in [-0.2, -0.15) is 5.10 Å². The highest BCUT2D eigenvalue weighted by molar-refractivity contribution is 5.98. The van der Waals surface area contributed by atoms with E-state index in [0.717, 1.165) is 24.1 Å². The summed E-state index contributed by atoms with van der Waals surface area (Å²) in [7, 11) is 0. The highest BCUT2D eigenvalue weighted by Crippen LogP contribution is 2.40. The number of carbonyl (C=O) groups is 1. The molecule has 1 aromatic carbocycles. The van der Waals surface area contributed by atoms with Crippen molar-refractivity contribution in [2.45, 2.75) is 25.8 Å². The second kappa shape index (κ2) is 6.47. The van der Waals surface area contributed by atoms with Crippen molar-refractivity contribution in [2.24, 2.45) is 5.92 Å². The number of nitrogens with zero attached hydrogens (tertiary/aromatic N) is 4. The Morgan fingerprint density at radius 1 is 1.28 bits per heavy atom. The normalized spacial score (nSPS) is 14.9. The summed E-state index contributed by atoms with van der Waals surface area (Å²) < 4.78 is 1.60. The van der Waals surface area contributed by atoms with Gasteiger partial charge in [0.1, 0.15) is 12.7 Å². The average Bonchev–Trinajstić information content (AvgIpc) is 3.32. The quantitative estimate of drug-likeness (QED) is 0.779. The van der Waals surface area contributed by atoms with Crippen LogP contribution in [0.15, 0.2) is 55.2 Å². The Labute approximate surface area is 145 Å². The molecule has 0 radical (unpaired) electrons. The van der Waals surface area contributed by atoms with Crippen molar-refractivity contribution in [1.82, 2.24) is 25.1 Å². The van der Waals surface area contributed by atoms with E-state index >= 15 is 0 Å². The first-order chi connectivity index (χ1) is 12.2. The van der Waals surface area contributed by atoms with Gasteiger partial charge in [0.25, 0.3) is 5.91 Å². The lowest BCUT2D eigenvalue weighted by atomic mass is 10.0. The zero-order chi connectivity index (χ0) is 17.2. The molecule has 1 amide bonds. The Bertz CT molecular complexity index is 886. The van der Waals surface area contributed by atoms with Crippen LogP contribution in [0, 0.1) is 12.8 Å². The van der Waals surface area contributed by atoms with E-state index in [4.69, 9.17) is 0 Å². The summed E-state index contributed by atoms with van der Waals surface area (Å²) in [5.41, 5.74) is 3.36. The lowest BCUT2D eigenvalue weighted by Gasteiger charge is -2.19. The first kappa shape index (κ1) is 15.5. The number of amides is 1. The van der Waals surface area contributed by atoms with Crippen LogP contribution >= 0.6 is 0 Å². The molecule has 1 fully saturated rings. The van der Waals surface area contributed by atoms with Crippen LogP contribution in [0.3, 0.4) is 0 Å². The van der Waals surface area contributed by atoms with Gasteiger partial charge in [0.15, 0.2) is 0 Å². The molecule has 126 valence electrons. The number of pyridine rings is 1. The summed E-state index contributed by atoms with van der Waals surface area (Å²) in [6.45, 7) is 2.04. The standard InChI is InChI=1S/C19H19N5O/c1-13-8-9-21-16(10-13)18(14-6-7-14)23-19(25)15-4-2-3-5-17(15)24-12-20-11-22-24/h2-5,8-12,14,18H,6-7H2,1H3,(H,23,25)/t18-/m0/s1. The fourth-order valence-corrected chi connectivity index (χ4v) is 3.01. The SMILES string of the molecule is Cc1ccnc([C@@H](NC(=O)c2ccccc2-n2cncn2)C2CC2)c1. The summed E-state index contributed by atoms with van der Waals surface area (Å²) in [4.78, 5) is 21.4. The lowest BCUT2D eigenvalue weighted by Crippen LogP contribution is -2.31. The maximum atomic E-state index is 13.0. The molecule has 1 saturated carbocycles. The molecule has 6 heteroatoms. The van der Waals surface area contributed by atoms with E-state index in [1.807, 2.05) is 37.3 Å². The topological polar surface area (TPSA) is 72.7 Å². The van der Waals surface area contributed by atoms with E-state index in [0.29, 0.717) is 17.2 Å². The second-order valence-electron chi connectivity index (χ2n) is 6.40. The molecule has 0 aliphatic heterocycles. The van der Waals surface area contributed by atoms with Crippen molar-refractivity contribution in [1.29, 1.82) is 0 Å². The minimum Gasteiger partial charge on any atom is -0.343 e. The molecule has 25 heavy (non-hydrogen) atoms.